The minimum Gasteiger partial charge on any atom is -0.466 e. The van der Waals surface area contributed by atoms with Crippen molar-refractivity contribution in [2.75, 3.05) is 44.6 Å². The second kappa shape index (κ2) is 9.58. The summed E-state index contributed by atoms with van der Waals surface area (Å²) in [5, 5.41) is 5.58. The number of rotatable bonds is 6. The first kappa shape index (κ1) is 21.6. The third-order valence-corrected chi connectivity index (χ3v) is 5.04. The molecular formula is C22H28N4O4. The molecule has 1 aromatic carbocycles. The molecule has 2 aromatic rings. The van der Waals surface area contributed by atoms with Crippen LogP contribution in [0.15, 0.2) is 34.7 Å². The summed E-state index contributed by atoms with van der Waals surface area (Å²) in [5.41, 5.74) is 1.70. The van der Waals surface area contributed by atoms with Crippen LogP contribution in [-0.2, 0) is 4.79 Å². The fraction of sp³-hybridized carbons (Fsp3) is 0.409. The van der Waals surface area contributed by atoms with Crippen LogP contribution < -0.4 is 10.6 Å². The number of carbonyl (C=O) groups is 3. The summed E-state index contributed by atoms with van der Waals surface area (Å²) in [6.45, 7) is 8.61. The van der Waals surface area contributed by atoms with E-state index in [1.54, 1.807) is 42.2 Å². The van der Waals surface area contributed by atoms with Crippen LogP contribution in [0.5, 0.6) is 0 Å². The van der Waals surface area contributed by atoms with Gasteiger partial charge in [-0.2, -0.15) is 0 Å². The van der Waals surface area contributed by atoms with Crippen molar-refractivity contribution in [3.05, 3.63) is 53.0 Å². The average Bonchev–Trinajstić information content (AvgIpc) is 3.06. The first-order valence-electron chi connectivity index (χ1n) is 10.1. The number of piperazine rings is 1. The van der Waals surface area contributed by atoms with Crippen molar-refractivity contribution in [2.45, 2.75) is 20.8 Å². The van der Waals surface area contributed by atoms with Gasteiger partial charge in [0.2, 0.25) is 5.91 Å². The van der Waals surface area contributed by atoms with Gasteiger partial charge >= 0.3 is 0 Å². The Hall–Kier alpha value is -3.13. The molecule has 0 saturated carbocycles. The summed E-state index contributed by atoms with van der Waals surface area (Å²) in [7, 11) is 0. The smallest absolute Gasteiger partial charge is 0.257 e. The fourth-order valence-corrected chi connectivity index (χ4v) is 3.53. The van der Waals surface area contributed by atoms with Crippen LogP contribution in [0.25, 0.3) is 0 Å². The number of nitrogens with zero attached hydrogens (tertiary/aromatic N) is 2. The Morgan fingerprint density at radius 3 is 2.43 bits per heavy atom. The van der Waals surface area contributed by atoms with Crippen LogP contribution in [0.2, 0.25) is 0 Å². The SMILES string of the molecule is CCNC(=O)c1cccc(NC(=O)CN2CCN(C(=O)c3cc(C)oc3C)CC2)c1. The molecule has 0 bridgehead atoms. The maximum absolute atomic E-state index is 12.7. The molecule has 30 heavy (non-hydrogen) atoms. The second-order valence-corrected chi connectivity index (χ2v) is 7.38. The minimum atomic E-state index is -0.169. The summed E-state index contributed by atoms with van der Waals surface area (Å²) in [4.78, 5) is 40.8. The fourth-order valence-electron chi connectivity index (χ4n) is 3.53. The normalized spacial score (nSPS) is 14.4. The van der Waals surface area contributed by atoms with Crippen LogP contribution >= 0.6 is 0 Å². The van der Waals surface area contributed by atoms with Crippen LogP contribution in [0.3, 0.4) is 0 Å². The molecule has 8 nitrogen and oxygen atoms in total. The molecule has 1 saturated heterocycles. The number of hydrogen-bond acceptors (Lipinski definition) is 5. The van der Waals surface area contributed by atoms with E-state index < -0.39 is 0 Å². The summed E-state index contributed by atoms with van der Waals surface area (Å²) in [5.74, 6) is 1.01. The molecule has 2 N–H and O–H groups in total. The van der Waals surface area contributed by atoms with Crippen molar-refractivity contribution in [2.24, 2.45) is 0 Å². The number of amides is 3. The Balaban J connectivity index is 1.50. The van der Waals surface area contributed by atoms with Gasteiger partial charge in [-0.1, -0.05) is 6.07 Å². The molecule has 160 valence electrons. The minimum absolute atomic E-state index is 0.0318. The largest absolute Gasteiger partial charge is 0.466 e. The monoisotopic (exact) mass is 412 g/mol. The number of anilines is 1. The average molecular weight is 412 g/mol. The standard InChI is InChI=1S/C22H28N4O4/c1-4-23-21(28)17-6-5-7-18(13-17)24-20(27)14-25-8-10-26(11-9-25)22(29)19-12-15(2)30-16(19)3/h5-7,12-13H,4,8-11,14H2,1-3H3,(H,23,28)(H,24,27). The van der Waals surface area contributed by atoms with Crippen molar-refractivity contribution < 1.29 is 18.8 Å². The second-order valence-electron chi connectivity index (χ2n) is 7.38. The predicted octanol–water partition coefficient (Wildman–Crippen LogP) is 2.04. The molecule has 1 aliphatic rings. The molecule has 1 fully saturated rings. The Labute approximate surface area is 176 Å². The maximum atomic E-state index is 12.7. The van der Waals surface area contributed by atoms with Gasteiger partial charge in [0, 0.05) is 44.0 Å². The highest BCUT2D eigenvalue weighted by atomic mass is 16.3. The van der Waals surface area contributed by atoms with Gasteiger partial charge in [-0.3, -0.25) is 19.3 Å². The Kier molecular flexibility index (Phi) is 6.89. The molecule has 1 aromatic heterocycles. The van der Waals surface area contributed by atoms with E-state index >= 15 is 0 Å². The molecule has 0 radical (unpaired) electrons. The lowest BCUT2D eigenvalue weighted by Crippen LogP contribution is -2.50. The van der Waals surface area contributed by atoms with E-state index in [0.29, 0.717) is 55.3 Å². The van der Waals surface area contributed by atoms with Crippen LogP contribution in [0, 0.1) is 13.8 Å². The Morgan fingerprint density at radius 2 is 1.80 bits per heavy atom. The van der Waals surface area contributed by atoms with Crippen molar-refractivity contribution >= 4 is 23.4 Å². The van der Waals surface area contributed by atoms with Crippen molar-refractivity contribution in [1.82, 2.24) is 15.1 Å². The van der Waals surface area contributed by atoms with Gasteiger partial charge in [-0.05, 0) is 45.0 Å². The molecule has 0 atom stereocenters. The molecule has 8 heteroatoms. The predicted molar refractivity (Wildman–Crippen MR) is 114 cm³/mol. The quantitative estimate of drug-likeness (QED) is 0.757. The zero-order chi connectivity index (χ0) is 21.7. The van der Waals surface area contributed by atoms with Crippen LogP contribution in [0.1, 0.15) is 39.2 Å². The molecule has 3 rings (SSSR count). The van der Waals surface area contributed by atoms with E-state index in [0.717, 1.165) is 5.76 Å². The van der Waals surface area contributed by atoms with Crippen molar-refractivity contribution in [3.8, 4) is 0 Å². The molecule has 0 aliphatic carbocycles. The van der Waals surface area contributed by atoms with Gasteiger partial charge in [0.15, 0.2) is 0 Å². The van der Waals surface area contributed by atoms with Gasteiger partial charge in [0.05, 0.1) is 12.1 Å². The van der Waals surface area contributed by atoms with Crippen molar-refractivity contribution in [3.63, 3.8) is 0 Å². The number of hydrogen-bond donors (Lipinski definition) is 2. The highest BCUT2D eigenvalue weighted by molar-refractivity contribution is 5.97. The third-order valence-electron chi connectivity index (χ3n) is 5.04. The number of nitrogens with one attached hydrogen (secondary N) is 2. The highest BCUT2D eigenvalue weighted by Crippen LogP contribution is 2.17. The van der Waals surface area contributed by atoms with E-state index in [9.17, 15) is 14.4 Å². The van der Waals surface area contributed by atoms with E-state index in [4.69, 9.17) is 4.42 Å². The molecule has 1 aliphatic heterocycles. The van der Waals surface area contributed by atoms with Crippen LogP contribution in [-0.4, -0.2) is 66.8 Å². The lowest BCUT2D eigenvalue weighted by molar-refractivity contribution is -0.117. The molecule has 3 amide bonds. The summed E-state index contributed by atoms with van der Waals surface area (Å²) >= 11 is 0. The third kappa shape index (κ3) is 5.27. The lowest BCUT2D eigenvalue weighted by Gasteiger charge is -2.34. The zero-order valence-electron chi connectivity index (χ0n) is 17.7. The molecule has 0 spiro atoms. The maximum Gasteiger partial charge on any atom is 0.257 e. The van der Waals surface area contributed by atoms with Gasteiger partial charge in [-0.15, -0.1) is 0 Å². The van der Waals surface area contributed by atoms with E-state index in [2.05, 4.69) is 10.6 Å². The first-order chi connectivity index (χ1) is 14.4. The Bertz CT molecular complexity index is 929. The van der Waals surface area contributed by atoms with Gasteiger partial charge in [0.1, 0.15) is 11.5 Å². The van der Waals surface area contributed by atoms with Gasteiger partial charge in [0.25, 0.3) is 11.8 Å². The summed E-state index contributed by atoms with van der Waals surface area (Å²) in [6.07, 6.45) is 0. The lowest BCUT2D eigenvalue weighted by atomic mass is 10.2. The number of furan rings is 1. The zero-order valence-corrected chi connectivity index (χ0v) is 17.7. The highest BCUT2D eigenvalue weighted by Gasteiger charge is 2.25. The van der Waals surface area contributed by atoms with E-state index in [1.807, 2.05) is 18.7 Å². The van der Waals surface area contributed by atoms with E-state index in [-0.39, 0.29) is 24.3 Å². The molecule has 0 unspecified atom stereocenters. The van der Waals surface area contributed by atoms with E-state index in [1.165, 1.54) is 0 Å². The number of aryl methyl sites for hydroxylation is 2. The van der Waals surface area contributed by atoms with Gasteiger partial charge in [-0.25, -0.2) is 0 Å². The number of benzene rings is 1. The van der Waals surface area contributed by atoms with Gasteiger partial charge < -0.3 is 20.0 Å². The molecule has 2 heterocycles. The molecular weight excluding hydrogens is 384 g/mol. The summed E-state index contributed by atoms with van der Waals surface area (Å²) in [6, 6.07) is 8.64. The first-order valence-corrected chi connectivity index (χ1v) is 10.1. The summed E-state index contributed by atoms with van der Waals surface area (Å²) < 4.78 is 5.46. The van der Waals surface area contributed by atoms with Crippen LogP contribution in [0.4, 0.5) is 5.69 Å². The van der Waals surface area contributed by atoms with Crippen molar-refractivity contribution in [1.29, 1.82) is 0 Å². The topological polar surface area (TPSA) is 94.9 Å². The Morgan fingerprint density at radius 1 is 1.07 bits per heavy atom. The number of carbonyl (C=O) groups excluding carboxylic acids is 3.